The zero-order valence-corrected chi connectivity index (χ0v) is 14.3. The molecule has 1 aromatic rings. The van der Waals surface area contributed by atoms with Gasteiger partial charge in [0, 0.05) is 0 Å². The third-order valence-corrected chi connectivity index (χ3v) is 5.35. The summed E-state index contributed by atoms with van der Waals surface area (Å²) in [7, 11) is -3.70. The molecule has 0 aromatic heterocycles. The average Bonchev–Trinajstić information content (AvgIpc) is 2.41. The van der Waals surface area contributed by atoms with E-state index in [9.17, 15) is 13.5 Å². The number of nitrogens with zero attached hydrogens (tertiary/aromatic N) is 1. The number of aliphatic hydroxyl groups excluding tert-OH is 1. The van der Waals surface area contributed by atoms with Gasteiger partial charge in [0.25, 0.3) is 10.0 Å². The first-order valence-corrected chi connectivity index (χ1v) is 8.93. The minimum Gasteiger partial charge on any atom is -0.387 e. The predicted octanol–water partition coefficient (Wildman–Crippen LogP) is 2.45. The third-order valence-electron chi connectivity index (χ3n) is 4.13. The second kappa shape index (κ2) is 6.01. The van der Waals surface area contributed by atoms with E-state index in [4.69, 9.17) is 0 Å². The van der Waals surface area contributed by atoms with E-state index in [0.29, 0.717) is 18.1 Å². The topological polar surface area (TPSA) is 78.8 Å². The van der Waals surface area contributed by atoms with Crippen LogP contribution in [0.4, 0.5) is 0 Å². The fourth-order valence-corrected chi connectivity index (χ4v) is 3.83. The summed E-state index contributed by atoms with van der Waals surface area (Å²) in [5, 5.41) is 14.4. The smallest absolute Gasteiger partial charge is 0.276 e. The SMILES string of the molecule is Cc1ccc(S(=O)(=O)N/N=C2\CC(C)CC(C)(C)C2O)cc1. The summed E-state index contributed by atoms with van der Waals surface area (Å²) in [5.74, 6) is 0.362. The van der Waals surface area contributed by atoms with Crippen molar-refractivity contribution in [1.82, 2.24) is 4.83 Å². The van der Waals surface area contributed by atoms with E-state index in [1.165, 1.54) is 0 Å². The number of aliphatic hydroxyl groups is 1. The molecular formula is C16H24N2O3S. The zero-order valence-electron chi connectivity index (χ0n) is 13.5. The van der Waals surface area contributed by atoms with E-state index in [0.717, 1.165) is 12.0 Å². The summed E-state index contributed by atoms with van der Waals surface area (Å²) >= 11 is 0. The standard InChI is InChI=1S/C16H24N2O3S/c1-11-5-7-13(8-6-11)22(20,21)18-17-14-9-12(2)10-16(3,4)15(14)19/h5-8,12,15,18-19H,9-10H2,1-4H3/b17-14+. The van der Waals surface area contributed by atoms with Crippen LogP contribution < -0.4 is 4.83 Å². The van der Waals surface area contributed by atoms with Gasteiger partial charge in [0.2, 0.25) is 0 Å². The normalized spacial score (nSPS) is 26.9. The van der Waals surface area contributed by atoms with Crippen LogP contribution in [-0.2, 0) is 10.0 Å². The summed E-state index contributed by atoms with van der Waals surface area (Å²) in [6.07, 6.45) is 0.753. The van der Waals surface area contributed by atoms with E-state index in [1.54, 1.807) is 24.3 Å². The zero-order chi connectivity index (χ0) is 16.5. The first-order valence-electron chi connectivity index (χ1n) is 7.45. The van der Waals surface area contributed by atoms with Gasteiger partial charge in [-0.25, -0.2) is 4.83 Å². The van der Waals surface area contributed by atoms with Gasteiger partial charge in [-0.1, -0.05) is 38.5 Å². The molecule has 1 aromatic carbocycles. The van der Waals surface area contributed by atoms with E-state index < -0.39 is 16.1 Å². The highest BCUT2D eigenvalue weighted by Gasteiger charge is 2.38. The maximum atomic E-state index is 12.2. The van der Waals surface area contributed by atoms with E-state index in [1.807, 2.05) is 20.8 Å². The Morgan fingerprint density at radius 2 is 1.86 bits per heavy atom. The molecule has 2 unspecified atom stereocenters. The van der Waals surface area contributed by atoms with Crippen LogP contribution in [0.15, 0.2) is 34.3 Å². The first kappa shape index (κ1) is 17.0. The summed E-state index contributed by atoms with van der Waals surface area (Å²) in [5.41, 5.74) is 1.19. The van der Waals surface area contributed by atoms with Crippen LogP contribution in [0, 0.1) is 18.3 Å². The second-order valence-corrected chi connectivity index (χ2v) is 8.58. The van der Waals surface area contributed by atoms with Gasteiger partial charge in [0.05, 0.1) is 16.7 Å². The minimum atomic E-state index is -3.70. The van der Waals surface area contributed by atoms with Crippen molar-refractivity contribution < 1.29 is 13.5 Å². The van der Waals surface area contributed by atoms with Crippen molar-refractivity contribution in [2.75, 3.05) is 0 Å². The van der Waals surface area contributed by atoms with E-state index in [2.05, 4.69) is 16.9 Å². The van der Waals surface area contributed by atoms with Crippen LogP contribution in [0.25, 0.3) is 0 Å². The fourth-order valence-electron chi connectivity index (χ4n) is 3.00. The molecule has 22 heavy (non-hydrogen) atoms. The Balaban J connectivity index is 2.21. The summed E-state index contributed by atoms with van der Waals surface area (Å²) in [4.78, 5) is 2.42. The number of benzene rings is 1. The largest absolute Gasteiger partial charge is 0.387 e. The Kier molecular flexibility index (Phi) is 4.63. The fraction of sp³-hybridized carbons (Fsp3) is 0.562. The number of hydrogen-bond acceptors (Lipinski definition) is 4. The number of aryl methyl sites for hydroxylation is 1. The molecular weight excluding hydrogens is 300 g/mol. The molecule has 2 rings (SSSR count). The summed E-state index contributed by atoms with van der Waals surface area (Å²) in [6.45, 7) is 7.91. The molecule has 1 aliphatic rings. The van der Waals surface area contributed by atoms with Gasteiger partial charge in [-0.05, 0) is 43.2 Å². The second-order valence-electron chi connectivity index (χ2n) is 6.92. The molecule has 0 saturated heterocycles. The monoisotopic (exact) mass is 324 g/mol. The molecule has 0 heterocycles. The van der Waals surface area contributed by atoms with Gasteiger partial charge in [-0.15, -0.1) is 0 Å². The van der Waals surface area contributed by atoms with Gasteiger partial charge < -0.3 is 5.11 Å². The number of sulfonamides is 1. The van der Waals surface area contributed by atoms with Crippen LogP contribution >= 0.6 is 0 Å². The lowest BCUT2D eigenvalue weighted by atomic mass is 9.70. The van der Waals surface area contributed by atoms with Crippen LogP contribution in [0.1, 0.15) is 39.2 Å². The first-order chi connectivity index (χ1) is 10.1. The van der Waals surface area contributed by atoms with Crippen LogP contribution in [0.2, 0.25) is 0 Å². The Morgan fingerprint density at radius 1 is 1.27 bits per heavy atom. The molecule has 2 atom stereocenters. The van der Waals surface area contributed by atoms with E-state index in [-0.39, 0.29) is 10.3 Å². The minimum absolute atomic E-state index is 0.167. The Bertz CT molecular complexity index is 663. The quantitative estimate of drug-likeness (QED) is 0.838. The molecule has 1 saturated carbocycles. The van der Waals surface area contributed by atoms with Gasteiger partial charge in [0.1, 0.15) is 0 Å². The highest BCUT2D eigenvalue weighted by molar-refractivity contribution is 7.89. The Morgan fingerprint density at radius 3 is 2.45 bits per heavy atom. The highest BCUT2D eigenvalue weighted by atomic mass is 32.2. The number of hydrogen-bond donors (Lipinski definition) is 2. The van der Waals surface area contributed by atoms with Crippen molar-refractivity contribution in [2.24, 2.45) is 16.4 Å². The molecule has 5 nitrogen and oxygen atoms in total. The lowest BCUT2D eigenvalue weighted by Gasteiger charge is -2.39. The van der Waals surface area contributed by atoms with Crippen LogP contribution in [-0.4, -0.2) is 25.3 Å². The molecule has 1 aliphatic carbocycles. The number of nitrogens with one attached hydrogen (secondary N) is 1. The van der Waals surface area contributed by atoms with Crippen LogP contribution in [0.3, 0.4) is 0 Å². The predicted molar refractivity (Wildman–Crippen MR) is 87.1 cm³/mol. The highest BCUT2D eigenvalue weighted by Crippen LogP contribution is 2.37. The summed E-state index contributed by atoms with van der Waals surface area (Å²) in [6, 6.07) is 6.56. The van der Waals surface area contributed by atoms with Crippen molar-refractivity contribution >= 4 is 15.7 Å². The van der Waals surface area contributed by atoms with Gasteiger partial charge in [0.15, 0.2) is 0 Å². The van der Waals surface area contributed by atoms with E-state index >= 15 is 0 Å². The van der Waals surface area contributed by atoms with Crippen LogP contribution in [0.5, 0.6) is 0 Å². The molecule has 0 radical (unpaired) electrons. The maximum absolute atomic E-state index is 12.2. The molecule has 6 heteroatoms. The third kappa shape index (κ3) is 3.67. The van der Waals surface area contributed by atoms with Crippen molar-refractivity contribution in [3.8, 4) is 0 Å². The molecule has 1 fully saturated rings. The molecule has 0 spiro atoms. The van der Waals surface area contributed by atoms with Gasteiger partial charge in [-0.3, -0.25) is 0 Å². The van der Waals surface area contributed by atoms with Crippen molar-refractivity contribution in [1.29, 1.82) is 0 Å². The molecule has 2 N–H and O–H groups in total. The number of hydrazone groups is 1. The molecule has 0 bridgehead atoms. The van der Waals surface area contributed by atoms with Crippen molar-refractivity contribution in [3.63, 3.8) is 0 Å². The maximum Gasteiger partial charge on any atom is 0.276 e. The van der Waals surface area contributed by atoms with Crippen molar-refractivity contribution in [2.45, 2.75) is 51.5 Å². The lowest BCUT2D eigenvalue weighted by Crippen LogP contribution is -2.44. The summed E-state index contributed by atoms with van der Waals surface area (Å²) < 4.78 is 24.5. The molecule has 0 amide bonds. The Labute approximate surface area is 132 Å². The molecule has 122 valence electrons. The lowest BCUT2D eigenvalue weighted by molar-refractivity contribution is 0.0688. The average molecular weight is 324 g/mol. The van der Waals surface area contributed by atoms with Crippen molar-refractivity contribution in [3.05, 3.63) is 29.8 Å². The molecule has 0 aliphatic heterocycles. The van der Waals surface area contributed by atoms with Gasteiger partial charge in [-0.2, -0.15) is 13.5 Å². The number of rotatable bonds is 3. The van der Waals surface area contributed by atoms with Gasteiger partial charge >= 0.3 is 0 Å². The Hall–Kier alpha value is -1.40.